The molecule has 1 saturated carbocycles. The number of amides is 1. The van der Waals surface area contributed by atoms with E-state index in [0.29, 0.717) is 24.4 Å². The Balaban J connectivity index is 1.30. The van der Waals surface area contributed by atoms with Crippen molar-refractivity contribution in [1.82, 2.24) is 9.62 Å². The second-order valence-electron chi connectivity index (χ2n) is 7.81. The number of rotatable bonds is 7. The number of piperazine rings is 1. The van der Waals surface area contributed by atoms with Gasteiger partial charge >= 0.3 is 0 Å². The van der Waals surface area contributed by atoms with Crippen molar-refractivity contribution < 1.29 is 17.9 Å². The Morgan fingerprint density at radius 3 is 2.40 bits per heavy atom. The molecule has 8 heteroatoms. The molecule has 0 spiro atoms. The molecule has 0 aromatic heterocycles. The van der Waals surface area contributed by atoms with Crippen LogP contribution in [0.5, 0.6) is 5.75 Å². The number of benzene rings is 2. The first-order chi connectivity index (χ1) is 14.4. The highest BCUT2D eigenvalue weighted by atomic mass is 32.2. The van der Waals surface area contributed by atoms with Gasteiger partial charge in [-0.15, -0.1) is 0 Å². The Labute approximate surface area is 177 Å². The van der Waals surface area contributed by atoms with Crippen LogP contribution in [0.3, 0.4) is 0 Å². The fourth-order valence-electron chi connectivity index (χ4n) is 3.52. The quantitative estimate of drug-likeness (QED) is 0.730. The van der Waals surface area contributed by atoms with Crippen LogP contribution in [-0.4, -0.2) is 58.1 Å². The van der Waals surface area contributed by atoms with E-state index in [-0.39, 0.29) is 23.5 Å². The lowest BCUT2D eigenvalue weighted by Crippen LogP contribution is -2.50. The van der Waals surface area contributed by atoms with Crippen molar-refractivity contribution in [2.75, 3.05) is 37.7 Å². The molecule has 7 nitrogen and oxygen atoms in total. The Kier molecular flexibility index (Phi) is 5.97. The second-order valence-corrected chi connectivity index (χ2v) is 9.53. The van der Waals surface area contributed by atoms with Gasteiger partial charge in [0.1, 0.15) is 5.75 Å². The number of anilines is 1. The van der Waals surface area contributed by atoms with E-state index in [2.05, 4.69) is 21.8 Å². The number of carbonyl (C=O) groups is 1. The van der Waals surface area contributed by atoms with Crippen LogP contribution >= 0.6 is 0 Å². The molecule has 4 rings (SSSR count). The van der Waals surface area contributed by atoms with Crippen molar-refractivity contribution in [3.8, 4) is 5.75 Å². The molecule has 0 bridgehead atoms. The molecular formula is C22H27N3O4S. The monoisotopic (exact) mass is 429 g/mol. The topological polar surface area (TPSA) is 78.9 Å². The number of nitrogens with one attached hydrogen (secondary N) is 1. The third-order valence-corrected chi connectivity index (χ3v) is 6.98. The van der Waals surface area contributed by atoms with Crippen molar-refractivity contribution in [1.29, 1.82) is 0 Å². The maximum Gasteiger partial charge on any atom is 0.260 e. The van der Waals surface area contributed by atoms with Crippen LogP contribution in [0.2, 0.25) is 0 Å². The molecule has 2 aromatic carbocycles. The summed E-state index contributed by atoms with van der Waals surface area (Å²) in [7, 11) is -3.50. The van der Waals surface area contributed by atoms with Crippen molar-refractivity contribution in [3.63, 3.8) is 0 Å². The van der Waals surface area contributed by atoms with Crippen molar-refractivity contribution in [2.24, 2.45) is 0 Å². The zero-order valence-electron chi connectivity index (χ0n) is 17.1. The molecule has 160 valence electrons. The predicted molar refractivity (Wildman–Crippen MR) is 115 cm³/mol. The maximum atomic E-state index is 12.6. The maximum absolute atomic E-state index is 12.6. The molecule has 2 aliphatic rings. The van der Waals surface area contributed by atoms with E-state index in [1.165, 1.54) is 11.8 Å². The number of carbonyl (C=O) groups excluding carboxylic acids is 1. The average Bonchev–Trinajstić information content (AvgIpc) is 3.56. The number of hydrogen-bond donors (Lipinski definition) is 1. The number of para-hydroxylation sites is 1. The number of nitrogens with zero attached hydrogens (tertiary/aromatic N) is 2. The number of aryl methyl sites for hydroxylation is 1. The van der Waals surface area contributed by atoms with E-state index in [1.807, 2.05) is 23.1 Å². The summed E-state index contributed by atoms with van der Waals surface area (Å²) in [5.74, 6) is 0.464. The molecule has 2 fully saturated rings. The van der Waals surface area contributed by atoms with Gasteiger partial charge in [0.25, 0.3) is 5.91 Å². The van der Waals surface area contributed by atoms with E-state index in [9.17, 15) is 13.2 Å². The third-order valence-electron chi connectivity index (χ3n) is 5.46. The Bertz CT molecular complexity index is 998. The highest BCUT2D eigenvalue weighted by Crippen LogP contribution is 2.25. The molecular weight excluding hydrogens is 402 g/mol. The molecule has 0 unspecified atom stereocenters. The van der Waals surface area contributed by atoms with Crippen molar-refractivity contribution in [3.05, 3.63) is 54.1 Å². The van der Waals surface area contributed by atoms with Crippen LogP contribution in [0.15, 0.2) is 53.4 Å². The summed E-state index contributed by atoms with van der Waals surface area (Å²) in [5, 5.41) is 0. The summed E-state index contributed by atoms with van der Waals surface area (Å²) in [6.07, 6.45) is 1.78. The average molecular weight is 430 g/mol. The number of hydrogen-bond acceptors (Lipinski definition) is 5. The van der Waals surface area contributed by atoms with Gasteiger partial charge in [0.15, 0.2) is 6.61 Å². The van der Waals surface area contributed by atoms with Gasteiger partial charge in [0.2, 0.25) is 10.0 Å². The largest absolute Gasteiger partial charge is 0.483 e. The lowest BCUT2D eigenvalue weighted by Gasteiger charge is -2.36. The number of sulfonamides is 1. The van der Waals surface area contributed by atoms with Gasteiger partial charge in [0, 0.05) is 37.9 Å². The summed E-state index contributed by atoms with van der Waals surface area (Å²) in [5.41, 5.74) is 1.86. The minimum atomic E-state index is -3.50. The smallest absolute Gasteiger partial charge is 0.260 e. The summed E-state index contributed by atoms with van der Waals surface area (Å²) < 4.78 is 33.0. The zero-order chi connectivity index (χ0) is 21.1. The van der Waals surface area contributed by atoms with E-state index in [0.717, 1.165) is 25.9 Å². The van der Waals surface area contributed by atoms with Gasteiger partial charge in [-0.05, 0) is 55.7 Å². The van der Waals surface area contributed by atoms with Gasteiger partial charge in [-0.2, -0.15) is 0 Å². The fourth-order valence-corrected chi connectivity index (χ4v) is 4.91. The van der Waals surface area contributed by atoms with Crippen LogP contribution in [-0.2, 0) is 14.8 Å². The number of ether oxygens (including phenoxy) is 1. The minimum Gasteiger partial charge on any atom is -0.483 e. The molecule has 1 aliphatic heterocycles. The van der Waals surface area contributed by atoms with Crippen LogP contribution in [0.4, 0.5) is 5.69 Å². The van der Waals surface area contributed by atoms with Crippen LogP contribution in [0.1, 0.15) is 18.4 Å². The van der Waals surface area contributed by atoms with Gasteiger partial charge in [0.05, 0.1) is 4.90 Å². The molecule has 2 aromatic rings. The Morgan fingerprint density at radius 2 is 1.77 bits per heavy atom. The second kappa shape index (κ2) is 8.65. The first kappa shape index (κ1) is 20.7. The minimum absolute atomic E-state index is 0.0569. The van der Waals surface area contributed by atoms with Crippen LogP contribution < -0.4 is 14.4 Å². The standard InChI is InChI=1S/C22H27N3O4S/c1-17-15-20(30(27,28)23-18-7-8-18)9-10-21(17)29-16-22(26)25-13-11-24(12-14-25)19-5-3-2-4-6-19/h2-6,9-10,15,18,23H,7-8,11-14,16H2,1H3. The van der Waals surface area contributed by atoms with Crippen LogP contribution in [0.25, 0.3) is 0 Å². The van der Waals surface area contributed by atoms with E-state index < -0.39 is 10.0 Å². The first-order valence-corrected chi connectivity index (χ1v) is 11.7. The van der Waals surface area contributed by atoms with Gasteiger partial charge < -0.3 is 14.5 Å². The molecule has 1 aliphatic carbocycles. The summed E-state index contributed by atoms with van der Waals surface area (Å²) in [6.45, 7) is 4.61. The first-order valence-electron chi connectivity index (χ1n) is 10.3. The zero-order valence-corrected chi connectivity index (χ0v) is 17.9. The molecule has 0 atom stereocenters. The lowest BCUT2D eigenvalue weighted by atomic mass is 10.2. The summed E-state index contributed by atoms with van der Waals surface area (Å²) >= 11 is 0. The van der Waals surface area contributed by atoms with Gasteiger partial charge in [-0.25, -0.2) is 13.1 Å². The summed E-state index contributed by atoms with van der Waals surface area (Å²) in [4.78, 5) is 16.9. The lowest BCUT2D eigenvalue weighted by molar-refractivity contribution is -0.133. The van der Waals surface area contributed by atoms with E-state index in [1.54, 1.807) is 19.1 Å². The molecule has 1 saturated heterocycles. The molecule has 0 radical (unpaired) electrons. The molecule has 1 N–H and O–H groups in total. The molecule has 1 amide bonds. The highest BCUT2D eigenvalue weighted by Gasteiger charge is 2.28. The van der Waals surface area contributed by atoms with Crippen molar-refractivity contribution in [2.45, 2.75) is 30.7 Å². The highest BCUT2D eigenvalue weighted by molar-refractivity contribution is 7.89. The fraction of sp³-hybridized carbons (Fsp3) is 0.409. The van der Waals surface area contributed by atoms with E-state index in [4.69, 9.17) is 4.74 Å². The molecule has 1 heterocycles. The van der Waals surface area contributed by atoms with Crippen molar-refractivity contribution >= 4 is 21.6 Å². The Morgan fingerprint density at radius 1 is 1.07 bits per heavy atom. The van der Waals surface area contributed by atoms with Gasteiger partial charge in [-0.1, -0.05) is 18.2 Å². The van der Waals surface area contributed by atoms with Crippen LogP contribution in [0, 0.1) is 6.92 Å². The normalized spacial score (nSPS) is 17.1. The van der Waals surface area contributed by atoms with Gasteiger partial charge in [-0.3, -0.25) is 4.79 Å². The predicted octanol–water partition coefficient (Wildman–Crippen LogP) is 2.16. The third kappa shape index (κ3) is 4.94. The van der Waals surface area contributed by atoms with E-state index >= 15 is 0 Å². The molecule has 30 heavy (non-hydrogen) atoms. The SMILES string of the molecule is Cc1cc(S(=O)(=O)NC2CC2)ccc1OCC(=O)N1CCN(c2ccccc2)CC1. The summed E-state index contributed by atoms with van der Waals surface area (Å²) in [6, 6.07) is 15.0. The Hall–Kier alpha value is -2.58.